The Morgan fingerprint density at radius 1 is 0.974 bits per heavy atom. The maximum absolute atomic E-state index is 13.7. The number of anilines is 1. The van der Waals surface area contributed by atoms with Gasteiger partial charge < -0.3 is 15.4 Å². The fraction of sp³-hybridized carbons (Fsp3) is 0.148. The van der Waals surface area contributed by atoms with Gasteiger partial charge in [-0.1, -0.05) is 54.1 Å². The van der Waals surface area contributed by atoms with Gasteiger partial charge in [-0.25, -0.2) is 4.79 Å². The SMILES string of the molecule is O=C(Nc1cccnc1)N[C@@](Cc1ccccc1)(c1cccc(OC(F)(F)C(F)F)c1)c1ccc(Cl)cn1. The molecular formula is C27H21ClF4N4O2. The lowest BCUT2D eigenvalue weighted by Gasteiger charge is -2.35. The molecule has 0 fully saturated rings. The summed E-state index contributed by atoms with van der Waals surface area (Å²) in [4.78, 5) is 21.7. The highest BCUT2D eigenvalue weighted by atomic mass is 35.5. The highest BCUT2D eigenvalue weighted by Crippen LogP contribution is 2.36. The van der Waals surface area contributed by atoms with Gasteiger partial charge in [0, 0.05) is 18.8 Å². The van der Waals surface area contributed by atoms with Gasteiger partial charge in [-0.15, -0.1) is 0 Å². The molecule has 0 aliphatic carbocycles. The van der Waals surface area contributed by atoms with Crippen molar-refractivity contribution in [1.82, 2.24) is 15.3 Å². The van der Waals surface area contributed by atoms with Crippen LogP contribution in [-0.4, -0.2) is 28.5 Å². The molecule has 0 radical (unpaired) electrons. The molecule has 38 heavy (non-hydrogen) atoms. The summed E-state index contributed by atoms with van der Waals surface area (Å²) in [6.07, 6.45) is -4.28. The molecule has 2 heterocycles. The number of amides is 2. The number of hydrogen-bond acceptors (Lipinski definition) is 4. The van der Waals surface area contributed by atoms with Crippen molar-refractivity contribution < 1.29 is 27.1 Å². The smallest absolute Gasteiger partial charge is 0.428 e. The third kappa shape index (κ3) is 6.38. The second-order valence-corrected chi connectivity index (χ2v) is 8.68. The van der Waals surface area contributed by atoms with E-state index in [1.807, 2.05) is 18.2 Å². The fourth-order valence-corrected chi connectivity index (χ4v) is 3.98. The third-order valence-corrected chi connectivity index (χ3v) is 5.78. The van der Waals surface area contributed by atoms with Gasteiger partial charge in [0.2, 0.25) is 0 Å². The van der Waals surface area contributed by atoms with Crippen molar-refractivity contribution in [3.05, 3.63) is 119 Å². The molecule has 2 aromatic heterocycles. The zero-order chi connectivity index (χ0) is 27.2. The number of ether oxygens (including phenoxy) is 1. The van der Waals surface area contributed by atoms with Crippen molar-refractivity contribution >= 4 is 23.3 Å². The highest BCUT2D eigenvalue weighted by Gasteiger charge is 2.44. The number of benzene rings is 2. The number of urea groups is 1. The zero-order valence-electron chi connectivity index (χ0n) is 19.6. The van der Waals surface area contributed by atoms with Gasteiger partial charge in [-0.05, 0) is 47.5 Å². The monoisotopic (exact) mass is 544 g/mol. The summed E-state index contributed by atoms with van der Waals surface area (Å²) in [7, 11) is 0. The highest BCUT2D eigenvalue weighted by molar-refractivity contribution is 6.30. The van der Waals surface area contributed by atoms with Crippen molar-refractivity contribution in [2.24, 2.45) is 0 Å². The third-order valence-electron chi connectivity index (χ3n) is 5.56. The Balaban J connectivity index is 1.84. The number of halogens is 5. The van der Waals surface area contributed by atoms with Crippen LogP contribution < -0.4 is 15.4 Å². The molecule has 1 atom stereocenters. The average molecular weight is 545 g/mol. The lowest BCUT2D eigenvalue weighted by atomic mass is 9.80. The Bertz CT molecular complexity index is 1360. The second-order valence-electron chi connectivity index (χ2n) is 8.24. The Morgan fingerprint density at radius 2 is 1.76 bits per heavy atom. The molecule has 11 heteroatoms. The summed E-state index contributed by atoms with van der Waals surface area (Å²) in [6, 6.07) is 20.0. The molecule has 4 aromatic rings. The van der Waals surface area contributed by atoms with E-state index < -0.39 is 29.9 Å². The van der Waals surface area contributed by atoms with Crippen LogP contribution in [0.3, 0.4) is 0 Å². The summed E-state index contributed by atoms with van der Waals surface area (Å²) in [6.45, 7) is 0. The molecular weight excluding hydrogens is 524 g/mol. The van der Waals surface area contributed by atoms with Crippen molar-refractivity contribution in [2.75, 3.05) is 5.32 Å². The van der Waals surface area contributed by atoms with E-state index in [1.165, 1.54) is 24.5 Å². The molecule has 0 aliphatic rings. The number of nitrogens with one attached hydrogen (secondary N) is 2. The standard InChI is InChI=1S/C27H21ClF4N4O2/c28-20-11-12-23(34-16-20)26(15-18-6-2-1-3-7-18,36-25(37)35-21-9-5-13-33-17-21)19-8-4-10-22(14-19)38-27(31,32)24(29)30/h1-14,16-17,24H,15H2,(H2,35,36,37)/t26-/m0/s1. The number of pyridine rings is 2. The first-order valence-corrected chi connectivity index (χ1v) is 11.7. The van der Waals surface area contributed by atoms with Gasteiger partial charge in [0.05, 0.1) is 22.6 Å². The summed E-state index contributed by atoms with van der Waals surface area (Å²) in [5.41, 5.74) is 0.244. The Morgan fingerprint density at radius 3 is 2.42 bits per heavy atom. The van der Waals surface area contributed by atoms with E-state index in [9.17, 15) is 22.4 Å². The molecule has 2 aromatic carbocycles. The van der Waals surface area contributed by atoms with Crippen LogP contribution in [0.4, 0.5) is 28.0 Å². The molecule has 0 bridgehead atoms. The van der Waals surface area contributed by atoms with Gasteiger partial charge in [0.1, 0.15) is 11.3 Å². The van der Waals surface area contributed by atoms with Crippen molar-refractivity contribution in [3.63, 3.8) is 0 Å². The molecule has 4 rings (SSSR count). The average Bonchev–Trinajstić information content (AvgIpc) is 2.89. The largest absolute Gasteiger partial charge is 0.461 e. The molecule has 0 saturated carbocycles. The van der Waals surface area contributed by atoms with Crippen LogP contribution in [0.15, 0.2) is 97.5 Å². The Labute approximate surface area is 220 Å². The van der Waals surface area contributed by atoms with Gasteiger partial charge in [0.25, 0.3) is 0 Å². The predicted molar refractivity (Wildman–Crippen MR) is 135 cm³/mol. The van der Waals surface area contributed by atoms with Crippen molar-refractivity contribution in [2.45, 2.75) is 24.5 Å². The molecule has 2 N–H and O–H groups in total. The van der Waals surface area contributed by atoms with Gasteiger partial charge in [-0.2, -0.15) is 17.6 Å². The quantitative estimate of drug-likeness (QED) is 0.231. The topological polar surface area (TPSA) is 76.1 Å². The number of alkyl halides is 4. The van der Waals surface area contributed by atoms with Crippen molar-refractivity contribution in [3.8, 4) is 5.75 Å². The summed E-state index contributed by atoms with van der Waals surface area (Å²) in [5, 5.41) is 5.93. The van der Waals surface area contributed by atoms with E-state index in [2.05, 4.69) is 25.3 Å². The first kappa shape index (κ1) is 26.9. The summed E-state index contributed by atoms with van der Waals surface area (Å²) in [5.74, 6) is -0.520. The number of carbonyl (C=O) groups excluding carboxylic acids is 1. The number of carbonyl (C=O) groups is 1. The second kappa shape index (κ2) is 11.5. The summed E-state index contributed by atoms with van der Waals surface area (Å²) < 4.78 is 57.5. The van der Waals surface area contributed by atoms with Crippen LogP contribution >= 0.6 is 11.6 Å². The molecule has 0 aliphatic heterocycles. The van der Waals surface area contributed by atoms with E-state index in [1.54, 1.807) is 48.7 Å². The number of rotatable bonds is 9. The van der Waals surface area contributed by atoms with E-state index in [0.717, 1.165) is 11.6 Å². The Kier molecular flexibility index (Phi) is 8.11. The normalized spacial score (nSPS) is 13.0. The van der Waals surface area contributed by atoms with Gasteiger partial charge in [0.15, 0.2) is 0 Å². The molecule has 2 amide bonds. The van der Waals surface area contributed by atoms with E-state index in [0.29, 0.717) is 16.4 Å². The van der Waals surface area contributed by atoms with Crippen molar-refractivity contribution in [1.29, 1.82) is 0 Å². The van der Waals surface area contributed by atoms with Crippen LogP contribution in [0.2, 0.25) is 5.02 Å². The zero-order valence-corrected chi connectivity index (χ0v) is 20.4. The minimum absolute atomic E-state index is 0.109. The number of nitrogens with zero attached hydrogens (tertiary/aromatic N) is 2. The lowest BCUT2D eigenvalue weighted by molar-refractivity contribution is -0.253. The molecule has 6 nitrogen and oxygen atoms in total. The van der Waals surface area contributed by atoms with Crippen LogP contribution in [0, 0.1) is 0 Å². The fourth-order valence-electron chi connectivity index (χ4n) is 3.87. The first-order chi connectivity index (χ1) is 18.2. The maximum atomic E-state index is 13.7. The minimum Gasteiger partial charge on any atom is -0.428 e. The van der Waals surface area contributed by atoms with Gasteiger partial charge >= 0.3 is 18.6 Å². The molecule has 0 saturated heterocycles. The molecule has 0 unspecified atom stereocenters. The minimum atomic E-state index is -4.72. The van der Waals surface area contributed by atoms with Crippen LogP contribution in [-0.2, 0) is 12.0 Å². The lowest BCUT2D eigenvalue weighted by Crippen LogP contribution is -2.50. The van der Waals surface area contributed by atoms with E-state index in [-0.39, 0.29) is 12.0 Å². The van der Waals surface area contributed by atoms with Crippen LogP contribution in [0.1, 0.15) is 16.8 Å². The molecule has 196 valence electrons. The maximum Gasteiger partial charge on any atom is 0.461 e. The predicted octanol–water partition coefficient (Wildman–Crippen LogP) is 6.67. The van der Waals surface area contributed by atoms with E-state index >= 15 is 0 Å². The molecule has 0 spiro atoms. The number of hydrogen-bond donors (Lipinski definition) is 2. The van der Waals surface area contributed by atoms with Gasteiger partial charge in [-0.3, -0.25) is 9.97 Å². The Hall–Kier alpha value is -4.18. The van der Waals surface area contributed by atoms with E-state index in [4.69, 9.17) is 11.6 Å². The first-order valence-electron chi connectivity index (χ1n) is 11.3. The number of aromatic nitrogens is 2. The van der Waals surface area contributed by atoms with Crippen LogP contribution in [0.25, 0.3) is 0 Å². The van der Waals surface area contributed by atoms with Crippen LogP contribution in [0.5, 0.6) is 5.75 Å². The summed E-state index contributed by atoms with van der Waals surface area (Å²) >= 11 is 6.07.